The molecule has 0 aliphatic carbocycles. The number of benzene rings is 2. The largest absolute Gasteiger partial charge is 0.437 e. The predicted octanol–water partition coefficient (Wildman–Crippen LogP) is 5.08. The Labute approximate surface area is 174 Å². The molecule has 0 bridgehead atoms. The van der Waals surface area contributed by atoms with Crippen molar-refractivity contribution in [2.24, 2.45) is 5.16 Å². The van der Waals surface area contributed by atoms with E-state index < -0.39 is 29.7 Å². The number of oxime groups is 1. The fraction of sp³-hybridized carbons (Fsp3) is 0.250. The highest BCUT2D eigenvalue weighted by Crippen LogP contribution is 2.30. The summed E-state index contributed by atoms with van der Waals surface area (Å²) in [7, 11) is 0. The Morgan fingerprint density at radius 3 is 2.29 bits per heavy atom. The third-order valence-electron chi connectivity index (χ3n) is 4.42. The molecular weight excluding hydrogens is 420 g/mol. The van der Waals surface area contributed by atoms with E-state index in [-0.39, 0.29) is 18.8 Å². The van der Waals surface area contributed by atoms with Gasteiger partial charge in [0.25, 0.3) is 0 Å². The fourth-order valence-electron chi connectivity index (χ4n) is 2.81. The van der Waals surface area contributed by atoms with E-state index in [0.29, 0.717) is 24.2 Å². The minimum Gasteiger partial charge on any atom is -0.324 e. The number of nitrogens with zero attached hydrogens (tertiary/aromatic N) is 2. The van der Waals surface area contributed by atoms with Gasteiger partial charge in [0.1, 0.15) is 5.82 Å². The van der Waals surface area contributed by atoms with E-state index in [1.165, 1.54) is 41.3 Å². The minimum atomic E-state index is -4.50. The molecule has 1 heterocycles. The van der Waals surface area contributed by atoms with Crippen LogP contribution in [-0.4, -0.2) is 35.8 Å². The Hall–Kier alpha value is -3.63. The molecule has 1 fully saturated rings. The molecule has 0 atom stereocenters. The summed E-state index contributed by atoms with van der Waals surface area (Å²) >= 11 is 0. The zero-order chi connectivity index (χ0) is 22.4. The van der Waals surface area contributed by atoms with Crippen LogP contribution in [0, 0.1) is 5.82 Å². The van der Waals surface area contributed by atoms with Gasteiger partial charge in [-0.25, -0.2) is 14.0 Å². The van der Waals surface area contributed by atoms with E-state index in [4.69, 9.17) is 4.84 Å². The molecular formula is C20H18F4N4O3. The molecule has 1 aliphatic rings. The summed E-state index contributed by atoms with van der Waals surface area (Å²) in [5.74, 6) is -0.442. The van der Waals surface area contributed by atoms with Crippen molar-refractivity contribution < 1.29 is 32.0 Å². The smallest absolute Gasteiger partial charge is 0.324 e. The van der Waals surface area contributed by atoms with Crippen LogP contribution in [0.1, 0.15) is 18.4 Å². The van der Waals surface area contributed by atoms with Crippen molar-refractivity contribution in [2.45, 2.75) is 19.0 Å². The summed E-state index contributed by atoms with van der Waals surface area (Å²) in [6.07, 6.45) is -4.68. The van der Waals surface area contributed by atoms with Crippen molar-refractivity contribution in [3.63, 3.8) is 0 Å². The van der Waals surface area contributed by atoms with E-state index in [1.54, 1.807) is 0 Å². The van der Waals surface area contributed by atoms with Gasteiger partial charge in [0.2, 0.25) is 0 Å². The maximum atomic E-state index is 12.8. The lowest BCUT2D eigenvalue weighted by Gasteiger charge is -2.27. The topological polar surface area (TPSA) is 83.0 Å². The third-order valence-corrected chi connectivity index (χ3v) is 4.42. The normalized spacial score (nSPS) is 14.1. The van der Waals surface area contributed by atoms with E-state index in [1.807, 2.05) is 0 Å². The lowest BCUT2D eigenvalue weighted by Crippen LogP contribution is -2.41. The van der Waals surface area contributed by atoms with Gasteiger partial charge in [-0.05, 0) is 42.5 Å². The van der Waals surface area contributed by atoms with Crippen molar-refractivity contribution in [2.75, 3.05) is 23.7 Å². The van der Waals surface area contributed by atoms with Gasteiger partial charge in [-0.3, -0.25) is 10.2 Å². The third kappa shape index (κ3) is 6.43. The number of anilines is 2. The van der Waals surface area contributed by atoms with Crippen LogP contribution in [0.4, 0.5) is 38.5 Å². The maximum Gasteiger partial charge on any atom is 0.437 e. The van der Waals surface area contributed by atoms with Gasteiger partial charge in [0.05, 0.1) is 11.3 Å². The first-order valence-electron chi connectivity index (χ1n) is 9.23. The highest BCUT2D eigenvalue weighted by molar-refractivity contribution is 5.92. The predicted molar refractivity (Wildman–Crippen MR) is 105 cm³/mol. The van der Waals surface area contributed by atoms with Crippen molar-refractivity contribution in [3.8, 4) is 0 Å². The van der Waals surface area contributed by atoms with Crippen LogP contribution in [0.2, 0.25) is 0 Å². The van der Waals surface area contributed by atoms with Crippen molar-refractivity contribution in [3.05, 3.63) is 59.9 Å². The number of likely N-dealkylation sites (tertiary alicyclic amines) is 1. The molecule has 0 saturated carbocycles. The number of halogens is 4. The SMILES string of the molecule is O=C(Nc1ccc(F)cc1)ON=C1CCN(C(=O)Nc2cccc(C(F)(F)F)c2)CC1. The molecule has 2 aromatic rings. The molecule has 7 nitrogen and oxygen atoms in total. The number of rotatable bonds is 3. The maximum absolute atomic E-state index is 12.8. The Morgan fingerprint density at radius 1 is 0.968 bits per heavy atom. The summed E-state index contributed by atoms with van der Waals surface area (Å²) in [5, 5.41) is 8.59. The quantitative estimate of drug-likeness (QED) is 0.398. The van der Waals surface area contributed by atoms with Gasteiger partial charge in [0, 0.05) is 37.3 Å². The molecule has 2 N–H and O–H groups in total. The van der Waals surface area contributed by atoms with Gasteiger partial charge >= 0.3 is 18.3 Å². The Bertz CT molecular complexity index is 967. The molecule has 1 aliphatic heterocycles. The van der Waals surface area contributed by atoms with Crippen LogP contribution in [0.25, 0.3) is 0 Å². The molecule has 0 spiro atoms. The molecule has 164 valence electrons. The summed E-state index contributed by atoms with van der Waals surface area (Å²) in [4.78, 5) is 30.2. The number of nitrogens with one attached hydrogen (secondary N) is 2. The number of alkyl halides is 3. The number of hydrogen-bond acceptors (Lipinski definition) is 4. The molecule has 1 saturated heterocycles. The monoisotopic (exact) mass is 438 g/mol. The second kappa shape index (κ2) is 9.45. The zero-order valence-corrected chi connectivity index (χ0v) is 16.1. The number of hydrogen-bond donors (Lipinski definition) is 2. The number of carbonyl (C=O) groups is 2. The summed E-state index contributed by atoms with van der Waals surface area (Å²) in [6.45, 7) is 0.513. The highest BCUT2D eigenvalue weighted by Gasteiger charge is 2.30. The van der Waals surface area contributed by atoms with Crippen LogP contribution in [0.3, 0.4) is 0 Å². The van der Waals surface area contributed by atoms with Gasteiger partial charge in [-0.15, -0.1) is 0 Å². The average Bonchev–Trinajstić information content (AvgIpc) is 2.74. The molecule has 0 radical (unpaired) electrons. The Balaban J connectivity index is 1.47. The van der Waals surface area contributed by atoms with Crippen LogP contribution in [0.15, 0.2) is 53.7 Å². The average molecular weight is 438 g/mol. The molecule has 31 heavy (non-hydrogen) atoms. The Kier molecular flexibility index (Phi) is 6.73. The fourth-order valence-corrected chi connectivity index (χ4v) is 2.81. The molecule has 0 unspecified atom stereocenters. The molecule has 0 aromatic heterocycles. The van der Waals surface area contributed by atoms with E-state index in [9.17, 15) is 27.2 Å². The van der Waals surface area contributed by atoms with Crippen LogP contribution in [0.5, 0.6) is 0 Å². The summed E-state index contributed by atoms with van der Waals surface area (Å²) in [5.41, 5.74) is 0.0829. The highest BCUT2D eigenvalue weighted by atomic mass is 19.4. The second-order valence-corrected chi connectivity index (χ2v) is 6.66. The van der Waals surface area contributed by atoms with Crippen LogP contribution < -0.4 is 10.6 Å². The number of carbonyl (C=O) groups excluding carboxylic acids is 2. The van der Waals surface area contributed by atoms with Gasteiger partial charge in [-0.1, -0.05) is 11.2 Å². The van der Waals surface area contributed by atoms with Crippen molar-refractivity contribution in [1.82, 2.24) is 4.90 Å². The second-order valence-electron chi connectivity index (χ2n) is 6.66. The minimum absolute atomic E-state index is 0.0417. The van der Waals surface area contributed by atoms with Gasteiger partial charge < -0.3 is 10.2 Å². The molecule has 3 rings (SSSR count). The zero-order valence-electron chi connectivity index (χ0n) is 16.1. The van der Waals surface area contributed by atoms with Crippen LogP contribution >= 0.6 is 0 Å². The lowest BCUT2D eigenvalue weighted by molar-refractivity contribution is -0.137. The molecule has 2 aromatic carbocycles. The molecule has 11 heteroatoms. The number of urea groups is 1. The van der Waals surface area contributed by atoms with Crippen molar-refractivity contribution in [1.29, 1.82) is 0 Å². The summed E-state index contributed by atoms with van der Waals surface area (Å²) < 4.78 is 51.2. The first-order valence-corrected chi connectivity index (χ1v) is 9.23. The standard InChI is InChI=1S/C20H18F4N4O3/c21-14-4-6-15(7-5-14)26-19(30)31-27-16-8-10-28(11-9-16)18(29)25-17-3-1-2-13(12-17)20(22,23)24/h1-7,12H,8-11H2,(H,25,29)(H,26,30). The van der Waals surface area contributed by atoms with Gasteiger partial charge in [-0.2, -0.15) is 13.2 Å². The lowest BCUT2D eigenvalue weighted by atomic mass is 10.1. The van der Waals surface area contributed by atoms with E-state index in [0.717, 1.165) is 12.1 Å². The summed E-state index contributed by atoms with van der Waals surface area (Å²) in [6, 6.07) is 8.94. The number of piperidine rings is 1. The van der Waals surface area contributed by atoms with Gasteiger partial charge in [0.15, 0.2) is 0 Å². The van der Waals surface area contributed by atoms with Crippen LogP contribution in [-0.2, 0) is 11.0 Å². The first-order chi connectivity index (χ1) is 14.7. The van der Waals surface area contributed by atoms with E-state index >= 15 is 0 Å². The Morgan fingerprint density at radius 2 is 1.65 bits per heavy atom. The molecule has 3 amide bonds. The van der Waals surface area contributed by atoms with E-state index in [2.05, 4.69) is 15.8 Å². The van der Waals surface area contributed by atoms with Crippen molar-refractivity contribution >= 4 is 29.2 Å². The first kappa shape index (κ1) is 22.1. The number of amides is 3.